The highest BCUT2D eigenvalue weighted by atomic mass is 35.6. The summed E-state index contributed by atoms with van der Waals surface area (Å²) in [6.45, 7) is -0.664. The van der Waals surface area contributed by atoms with Crippen LogP contribution in [0.5, 0.6) is 0 Å². The van der Waals surface area contributed by atoms with Crippen molar-refractivity contribution >= 4 is 40.8 Å². The van der Waals surface area contributed by atoms with Crippen LogP contribution in [-0.2, 0) is 9.53 Å². The fourth-order valence-corrected chi connectivity index (χ4v) is 1.23. The van der Waals surface area contributed by atoms with Crippen molar-refractivity contribution in [3.8, 4) is 0 Å². The average Bonchev–Trinajstić information content (AvgIpc) is 2.07. The third-order valence-corrected chi connectivity index (χ3v) is 2.26. The largest absolute Gasteiger partial charge is 0.481 e. The summed E-state index contributed by atoms with van der Waals surface area (Å²) in [4.78, 5) is 19.8. The van der Waals surface area contributed by atoms with Gasteiger partial charge in [0.05, 0.1) is 0 Å². The third-order valence-electron chi connectivity index (χ3n) is 1.53. The lowest BCUT2D eigenvalue weighted by molar-refractivity contribution is -0.491. The van der Waals surface area contributed by atoms with Crippen molar-refractivity contribution in [1.29, 1.82) is 0 Å². The van der Waals surface area contributed by atoms with Crippen LogP contribution in [0.1, 0.15) is 12.8 Å². The van der Waals surface area contributed by atoms with E-state index in [9.17, 15) is 14.9 Å². The Morgan fingerprint density at radius 3 is 2.44 bits per heavy atom. The first kappa shape index (κ1) is 15.7. The highest BCUT2D eigenvalue weighted by molar-refractivity contribution is 6.68. The number of carbonyl (C=O) groups is 1. The second kappa shape index (κ2) is 7.11. The molecule has 0 aliphatic heterocycles. The van der Waals surface area contributed by atoms with Crippen molar-refractivity contribution in [2.45, 2.75) is 22.7 Å². The summed E-state index contributed by atoms with van der Waals surface area (Å²) in [6, 6.07) is 0. The van der Waals surface area contributed by atoms with Gasteiger partial charge in [0.15, 0.2) is 6.10 Å². The van der Waals surface area contributed by atoms with Crippen LogP contribution in [0, 0.1) is 10.1 Å². The summed E-state index contributed by atoms with van der Waals surface area (Å²) in [5, 5.41) is 18.6. The van der Waals surface area contributed by atoms with Gasteiger partial charge < -0.3 is 9.84 Å². The zero-order chi connectivity index (χ0) is 12.8. The van der Waals surface area contributed by atoms with E-state index in [4.69, 9.17) is 44.6 Å². The molecule has 1 unspecified atom stereocenters. The van der Waals surface area contributed by atoms with Gasteiger partial charge in [-0.2, -0.15) is 0 Å². The lowest BCUT2D eigenvalue weighted by Gasteiger charge is -2.20. The molecule has 9 heteroatoms. The van der Waals surface area contributed by atoms with Gasteiger partial charge in [-0.05, 0) is 6.42 Å². The van der Waals surface area contributed by atoms with Crippen LogP contribution in [0.2, 0.25) is 0 Å². The lowest BCUT2D eigenvalue weighted by atomic mass is 10.3. The first-order valence-electron chi connectivity index (χ1n) is 4.25. The number of aliphatic carboxylic acids is 1. The summed E-state index contributed by atoms with van der Waals surface area (Å²) in [5.74, 6) is -0.983. The number of ether oxygens (including phenoxy) is 1. The molecule has 0 heterocycles. The average molecular weight is 295 g/mol. The molecule has 0 saturated carbocycles. The predicted molar refractivity (Wildman–Crippen MR) is 58.8 cm³/mol. The number of alkyl halides is 3. The van der Waals surface area contributed by atoms with E-state index in [1.165, 1.54) is 0 Å². The van der Waals surface area contributed by atoms with Crippen LogP contribution in [-0.4, -0.2) is 39.0 Å². The van der Waals surface area contributed by atoms with E-state index in [1.807, 2.05) is 0 Å². The van der Waals surface area contributed by atoms with E-state index < -0.39 is 27.3 Å². The van der Waals surface area contributed by atoms with Crippen LogP contribution in [0.15, 0.2) is 0 Å². The fourth-order valence-electron chi connectivity index (χ4n) is 0.835. The molecule has 0 rings (SSSR count). The Labute approximate surface area is 107 Å². The number of nitrogens with zero attached hydrogens (tertiary/aromatic N) is 1. The highest BCUT2D eigenvalue weighted by Crippen LogP contribution is 2.32. The molecule has 16 heavy (non-hydrogen) atoms. The molecular weight excluding hydrogens is 284 g/mol. The van der Waals surface area contributed by atoms with Crippen molar-refractivity contribution in [3.05, 3.63) is 10.1 Å². The molecule has 1 N–H and O–H groups in total. The van der Waals surface area contributed by atoms with Gasteiger partial charge in [0.2, 0.25) is 10.3 Å². The zero-order valence-corrected chi connectivity index (χ0v) is 10.3. The van der Waals surface area contributed by atoms with Gasteiger partial charge in [-0.25, -0.2) is 0 Å². The monoisotopic (exact) mass is 293 g/mol. The van der Waals surface area contributed by atoms with Crippen molar-refractivity contribution < 1.29 is 19.6 Å². The maximum absolute atomic E-state index is 10.3. The van der Waals surface area contributed by atoms with Gasteiger partial charge >= 0.3 is 5.97 Å². The maximum atomic E-state index is 10.3. The van der Waals surface area contributed by atoms with Crippen LogP contribution in [0.3, 0.4) is 0 Å². The molecule has 0 amide bonds. The zero-order valence-electron chi connectivity index (χ0n) is 8.07. The molecule has 0 bridgehead atoms. The van der Waals surface area contributed by atoms with Crippen LogP contribution < -0.4 is 0 Å². The molecule has 0 radical (unpaired) electrons. The second-order valence-corrected chi connectivity index (χ2v) is 5.28. The smallest absolute Gasteiger partial charge is 0.303 e. The summed E-state index contributed by atoms with van der Waals surface area (Å²) < 4.78 is 3.06. The normalized spacial score (nSPS) is 13.4. The quantitative estimate of drug-likeness (QED) is 0.335. The Morgan fingerprint density at radius 2 is 2.06 bits per heavy atom. The molecular formula is C7H10Cl3NO5. The first-order valence-corrected chi connectivity index (χ1v) is 5.38. The van der Waals surface area contributed by atoms with E-state index in [1.54, 1.807) is 0 Å². The highest BCUT2D eigenvalue weighted by Gasteiger charge is 2.37. The van der Waals surface area contributed by atoms with Crippen LogP contribution >= 0.6 is 34.8 Å². The van der Waals surface area contributed by atoms with E-state index in [0.29, 0.717) is 0 Å². The van der Waals surface area contributed by atoms with Crippen LogP contribution in [0.25, 0.3) is 0 Å². The minimum Gasteiger partial charge on any atom is -0.481 e. The standard InChI is InChI=1S/C7H10Cl3NO5/c8-7(9,10)5(4-11(14)15)16-3-1-2-6(12)13/h5H,1-4H2,(H,12,13). The van der Waals surface area contributed by atoms with Gasteiger partial charge in [-0.3, -0.25) is 14.9 Å². The molecule has 0 saturated heterocycles. The Kier molecular flexibility index (Phi) is 6.98. The van der Waals surface area contributed by atoms with Gasteiger partial charge in [-0.15, -0.1) is 0 Å². The van der Waals surface area contributed by atoms with E-state index in [2.05, 4.69) is 0 Å². The number of hydrogen-bond acceptors (Lipinski definition) is 4. The van der Waals surface area contributed by atoms with Crippen LogP contribution in [0.4, 0.5) is 0 Å². The summed E-state index contributed by atoms with van der Waals surface area (Å²) >= 11 is 16.4. The van der Waals surface area contributed by atoms with Crippen molar-refractivity contribution in [3.63, 3.8) is 0 Å². The number of rotatable bonds is 7. The number of carboxylic acid groups (broad SMARTS) is 1. The molecule has 0 aliphatic rings. The third kappa shape index (κ3) is 7.92. The summed E-state index contributed by atoms with van der Waals surface area (Å²) in [5.41, 5.74) is 0. The lowest BCUT2D eigenvalue weighted by Crippen LogP contribution is -2.36. The summed E-state index contributed by atoms with van der Waals surface area (Å²) in [6.07, 6.45) is -1.10. The topological polar surface area (TPSA) is 89.7 Å². The Bertz CT molecular complexity index is 255. The van der Waals surface area contributed by atoms with E-state index in [-0.39, 0.29) is 19.4 Å². The molecule has 0 aromatic carbocycles. The van der Waals surface area contributed by atoms with Gasteiger partial charge in [0.25, 0.3) is 0 Å². The van der Waals surface area contributed by atoms with E-state index in [0.717, 1.165) is 0 Å². The molecule has 0 spiro atoms. The summed E-state index contributed by atoms with van der Waals surface area (Å²) in [7, 11) is 0. The van der Waals surface area contributed by atoms with Crippen molar-refractivity contribution in [2.75, 3.05) is 13.2 Å². The number of halogens is 3. The SMILES string of the molecule is O=C(O)CCCOC(C[N+](=O)[O-])C(Cl)(Cl)Cl. The van der Waals surface area contributed by atoms with Gasteiger partial charge in [-0.1, -0.05) is 34.8 Å². The fraction of sp³-hybridized carbons (Fsp3) is 0.857. The predicted octanol–water partition coefficient (Wildman–Crippen LogP) is 1.88. The van der Waals surface area contributed by atoms with Gasteiger partial charge in [0, 0.05) is 18.0 Å². The second-order valence-electron chi connectivity index (χ2n) is 2.91. The molecule has 0 aromatic rings. The number of nitro groups is 1. The molecule has 6 nitrogen and oxygen atoms in total. The molecule has 94 valence electrons. The Hall–Kier alpha value is -0.300. The van der Waals surface area contributed by atoms with Gasteiger partial charge in [0.1, 0.15) is 0 Å². The number of carboxylic acids is 1. The molecule has 0 aliphatic carbocycles. The molecule has 0 fully saturated rings. The molecule has 1 atom stereocenters. The maximum Gasteiger partial charge on any atom is 0.303 e. The minimum absolute atomic E-state index is 0.0152. The van der Waals surface area contributed by atoms with Crippen molar-refractivity contribution in [2.24, 2.45) is 0 Å². The number of hydrogen-bond donors (Lipinski definition) is 1. The first-order chi connectivity index (χ1) is 7.23. The Morgan fingerprint density at radius 1 is 1.50 bits per heavy atom. The van der Waals surface area contributed by atoms with E-state index >= 15 is 0 Å². The minimum atomic E-state index is -1.91. The Balaban J connectivity index is 4.03. The van der Waals surface area contributed by atoms with Crippen molar-refractivity contribution in [1.82, 2.24) is 0 Å². The molecule has 0 aromatic heterocycles.